The Kier molecular flexibility index (Phi) is 12.7. The number of fused-ring (bicyclic) bond motifs is 10. The van der Waals surface area contributed by atoms with Crippen molar-refractivity contribution in [1.29, 1.82) is 5.26 Å². The van der Waals surface area contributed by atoms with Crippen LogP contribution in [0.2, 0.25) is 0 Å². The van der Waals surface area contributed by atoms with Gasteiger partial charge in [-0.05, 0) is 144 Å². The van der Waals surface area contributed by atoms with E-state index in [1.807, 2.05) is 22.7 Å². The predicted octanol–water partition coefficient (Wildman–Crippen LogP) is 22.2. The summed E-state index contributed by atoms with van der Waals surface area (Å²) >= 11 is 3.72. The fourth-order valence-electron chi connectivity index (χ4n) is 14.4. The molecule has 0 aliphatic carbocycles. The fourth-order valence-corrected chi connectivity index (χ4v) is 16.9. The Morgan fingerprint density at radius 1 is 0.385 bits per heavy atom. The Hall–Kier alpha value is -11.1. The smallest absolute Gasteiger partial charge is 0.252 e. The fraction of sp³-hybridized carbons (Fsp3) is 0.0476. The largest absolute Gasteiger partial charge is 0.310 e. The van der Waals surface area contributed by atoms with E-state index >= 15 is 0 Å². The lowest BCUT2D eigenvalue weighted by Gasteiger charge is -2.46. The molecule has 0 amide bonds. The lowest BCUT2D eigenvalue weighted by molar-refractivity contribution is 0.590. The van der Waals surface area contributed by atoms with Crippen molar-refractivity contribution in [2.24, 2.45) is 0 Å². The number of thiophene rings is 2. The number of anilines is 6. The van der Waals surface area contributed by atoms with Crippen molar-refractivity contribution >= 4 is 126 Å². The molecule has 2 aliphatic rings. The first-order valence-corrected chi connectivity index (χ1v) is 32.6. The van der Waals surface area contributed by atoms with Crippen LogP contribution in [0.5, 0.6) is 0 Å². The van der Waals surface area contributed by atoms with Gasteiger partial charge in [0.1, 0.15) is 0 Å². The van der Waals surface area contributed by atoms with Crippen LogP contribution < -0.4 is 26.2 Å². The Balaban J connectivity index is 1.06. The van der Waals surface area contributed by atoms with Crippen molar-refractivity contribution < 1.29 is 0 Å². The first-order chi connectivity index (χ1) is 44.7. The maximum Gasteiger partial charge on any atom is 0.252 e. The summed E-state index contributed by atoms with van der Waals surface area (Å²) in [6.45, 7) is 15.4. The summed E-state index contributed by atoms with van der Waals surface area (Å²) in [5.41, 5.74) is 24.3. The molecule has 0 N–H and O–H groups in total. The molecule has 4 heterocycles. The van der Waals surface area contributed by atoms with E-state index in [4.69, 9.17) is 6.57 Å². The maximum atomic E-state index is 11.1. The molecule has 0 atom stereocenters. The number of rotatable bonds is 8. The molecule has 0 radical (unpaired) electrons. The number of benzene rings is 13. The van der Waals surface area contributed by atoms with Crippen LogP contribution in [0.4, 0.5) is 39.8 Å². The molecule has 2 aromatic heterocycles. The van der Waals surface area contributed by atoms with Crippen LogP contribution in [0.15, 0.2) is 279 Å². The zero-order valence-corrected chi connectivity index (χ0v) is 51.9. The van der Waals surface area contributed by atoms with E-state index in [0.29, 0.717) is 11.3 Å². The number of hydrogen-bond donors (Lipinski definition) is 0. The summed E-state index contributed by atoms with van der Waals surface area (Å²) < 4.78 is 5.05. The number of nitrogens with zero attached hydrogens (tertiary/aromatic N) is 4. The van der Waals surface area contributed by atoms with Crippen LogP contribution >= 0.6 is 22.7 Å². The quantitative estimate of drug-likeness (QED) is 0.112. The lowest BCUT2D eigenvalue weighted by Crippen LogP contribution is -2.61. The third-order valence-corrected chi connectivity index (χ3v) is 21.1. The van der Waals surface area contributed by atoms with Gasteiger partial charge in [-0.2, -0.15) is 5.26 Å². The molecular formula is C84H55BN4S2. The van der Waals surface area contributed by atoms with E-state index in [2.05, 4.69) is 321 Å². The third kappa shape index (κ3) is 8.76. The van der Waals surface area contributed by atoms with Crippen molar-refractivity contribution in [3.05, 3.63) is 302 Å². The van der Waals surface area contributed by atoms with Crippen molar-refractivity contribution in [2.45, 2.75) is 26.2 Å². The van der Waals surface area contributed by atoms with Crippen LogP contribution in [0.1, 0.15) is 31.9 Å². The van der Waals surface area contributed by atoms with Gasteiger partial charge in [0.25, 0.3) is 6.71 Å². The van der Waals surface area contributed by atoms with Crippen LogP contribution in [0.25, 0.3) is 112 Å². The van der Waals surface area contributed by atoms with Gasteiger partial charge >= 0.3 is 0 Å². The molecule has 0 saturated carbocycles. The minimum atomic E-state index is -0.341. The van der Waals surface area contributed by atoms with Crippen molar-refractivity contribution in [3.63, 3.8) is 0 Å². The maximum absolute atomic E-state index is 11.1. The van der Waals surface area contributed by atoms with E-state index < -0.39 is 0 Å². The highest BCUT2D eigenvalue weighted by Crippen LogP contribution is 2.55. The predicted molar refractivity (Wildman–Crippen MR) is 389 cm³/mol. The van der Waals surface area contributed by atoms with E-state index in [0.717, 1.165) is 95.2 Å². The van der Waals surface area contributed by atoms with Crippen molar-refractivity contribution in [2.75, 3.05) is 9.80 Å². The second-order valence-electron chi connectivity index (χ2n) is 24.9. The Bertz CT molecular complexity index is 5100. The van der Waals surface area contributed by atoms with Gasteiger partial charge in [0.2, 0.25) is 0 Å². The summed E-state index contributed by atoms with van der Waals surface area (Å²) in [7, 11) is 0. The highest BCUT2D eigenvalue weighted by atomic mass is 32.1. The molecule has 7 heteroatoms. The second-order valence-corrected chi connectivity index (χ2v) is 27.0. The van der Waals surface area contributed by atoms with Gasteiger partial charge in [0, 0.05) is 74.2 Å². The van der Waals surface area contributed by atoms with Gasteiger partial charge < -0.3 is 9.80 Å². The zero-order valence-electron chi connectivity index (χ0n) is 50.2. The molecule has 0 saturated heterocycles. The second kappa shape index (κ2) is 21.3. The van der Waals surface area contributed by atoms with E-state index in [1.54, 1.807) is 0 Å². The van der Waals surface area contributed by atoms with Crippen LogP contribution in [0.3, 0.4) is 0 Å². The molecule has 426 valence electrons. The molecule has 2 aliphatic heterocycles. The summed E-state index contributed by atoms with van der Waals surface area (Å²) in [5.74, 6) is 0. The summed E-state index contributed by atoms with van der Waals surface area (Å²) in [4.78, 5) is 9.36. The highest BCUT2D eigenvalue weighted by Gasteiger charge is 2.46. The Morgan fingerprint density at radius 3 is 1.16 bits per heavy atom. The Morgan fingerprint density at radius 2 is 0.769 bits per heavy atom. The van der Waals surface area contributed by atoms with Gasteiger partial charge in [-0.1, -0.05) is 239 Å². The number of hydrogen-bond acceptors (Lipinski definition) is 5. The average Bonchev–Trinajstić information content (AvgIpc) is 0.924. The SMILES string of the molecule is [C-]#[N+]c1cc(-c2ccccc2)c(N2c3ccc(-c4cccc5c4sc4ccccc45)cc3B3c4cc(-c5cccc6c5sc5ccccc56)ccc4N(c4c(-c5ccccc5)cc(C#N)cc4-c4ccccc4)c4cc(C(C)(C)C)cc2c43)c(-c2ccccc2)c1. The molecule has 91 heavy (non-hydrogen) atoms. The van der Waals surface area contributed by atoms with E-state index in [9.17, 15) is 5.26 Å². The average molecular weight is 1200 g/mol. The Labute approximate surface area is 538 Å². The first kappa shape index (κ1) is 54.1. The van der Waals surface area contributed by atoms with Gasteiger partial charge in [-0.3, -0.25) is 0 Å². The van der Waals surface area contributed by atoms with Crippen LogP contribution in [-0.2, 0) is 5.41 Å². The number of nitriles is 1. The topological polar surface area (TPSA) is 34.6 Å². The van der Waals surface area contributed by atoms with Crippen LogP contribution in [0, 0.1) is 17.9 Å². The molecular weight excluding hydrogens is 1140 g/mol. The minimum Gasteiger partial charge on any atom is -0.310 e. The van der Waals surface area contributed by atoms with Crippen LogP contribution in [-0.4, -0.2) is 6.71 Å². The molecule has 17 rings (SSSR count). The van der Waals surface area contributed by atoms with Crippen molar-refractivity contribution in [1.82, 2.24) is 0 Å². The molecule has 13 aromatic carbocycles. The summed E-state index contributed by atoms with van der Waals surface area (Å²) in [5, 5.41) is 16.1. The third-order valence-electron chi connectivity index (χ3n) is 18.6. The normalized spacial score (nSPS) is 12.5. The standard InChI is InChI=1S/C84H55BN4S2/c1-84(2,3)59-47-75-79-76(48-59)89(81-69(55-27-13-7-14-28-55)49-60(87-4)50-70(81)56-29-15-8-16-30-56)74-42-40-58(62-34-22-36-66-64-32-18-20-38-78(64)91-83(62)66)46-72(74)85(79)71-45-57(61-33-21-35-65-63-31-17-19-37-77(63)90-82(61)65)39-41-73(71)88(75)80-67(53-23-9-5-10-24-53)43-52(51-86)44-68(80)54-25-11-6-12-26-54/h5-50H,1-3H3. The summed E-state index contributed by atoms with van der Waals surface area (Å²) in [6.07, 6.45) is 0. The monoisotopic (exact) mass is 1190 g/mol. The van der Waals surface area contributed by atoms with Gasteiger partial charge in [0.05, 0.1) is 29.6 Å². The molecule has 0 bridgehead atoms. The van der Waals surface area contributed by atoms with E-state index in [-0.39, 0.29) is 12.1 Å². The minimum absolute atomic E-state index is 0.304. The summed E-state index contributed by atoms with van der Waals surface area (Å²) in [6, 6.07) is 104. The zero-order chi connectivity index (χ0) is 61.1. The highest BCUT2D eigenvalue weighted by molar-refractivity contribution is 7.26. The molecule has 0 fully saturated rings. The van der Waals surface area contributed by atoms with Gasteiger partial charge in [0.15, 0.2) is 5.69 Å². The molecule has 0 spiro atoms. The van der Waals surface area contributed by atoms with Gasteiger partial charge in [-0.15, -0.1) is 22.7 Å². The lowest BCUT2D eigenvalue weighted by atomic mass is 9.33. The van der Waals surface area contributed by atoms with E-state index in [1.165, 1.54) is 68.0 Å². The van der Waals surface area contributed by atoms with Crippen molar-refractivity contribution in [3.8, 4) is 72.8 Å². The first-order valence-electron chi connectivity index (χ1n) is 30.9. The van der Waals surface area contributed by atoms with Gasteiger partial charge in [-0.25, -0.2) is 4.85 Å². The molecule has 0 unspecified atom stereocenters. The molecule has 4 nitrogen and oxygen atoms in total. The molecule has 15 aromatic rings.